The van der Waals surface area contributed by atoms with Crippen LogP contribution < -0.4 is 10.0 Å². The smallest absolute Gasteiger partial charge is 0.334 e. The molecule has 1 saturated heterocycles. The summed E-state index contributed by atoms with van der Waals surface area (Å²) in [6, 6.07) is 1.38. The van der Waals surface area contributed by atoms with Crippen LogP contribution in [0.2, 0.25) is 0 Å². The molecular formula is C24H31N3O4S. The van der Waals surface area contributed by atoms with E-state index in [4.69, 9.17) is 4.74 Å². The van der Waals surface area contributed by atoms with Crippen molar-refractivity contribution in [2.75, 3.05) is 18.5 Å². The number of nitrogens with zero attached hydrogens (tertiary/aromatic N) is 1. The van der Waals surface area contributed by atoms with E-state index in [9.17, 15) is 13.2 Å². The second-order valence-corrected chi connectivity index (χ2v) is 10.8. The number of carbonyl (C=O) groups excluding carboxylic acids is 1. The average Bonchev–Trinajstić information content (AvgIpc) is 3.49. The number of hydrogen-bond donors (Lipinski definition) is 2. The number of rotatable bonds is 5. The highest BCUT2D eigenvalue weighted by Crippen LogP contribution is 2.38. The number of ether oxygens (including phenoxy) is 1. The maximum absolute atomic E-state index is 13.4. The van der Waals surface area contributed by atoms with Crippen molar-refractivity contribution in [3.8, 4) is 0 Å². The number of allylic oxidation sites excluding steroid dienone is 3. The van der Waals surface area contributed by atoms with Gasteiger partial charge in [-0.25, -0.2) is 9.52 Å². The normalized spacial score (nSPS) is 20.4. The Morgan fingerprint density at radius 1 is 1.06 bits per heavy atom. The van der Waals surface area contributed by atoms with Crippen LogP contribution in [-0.4, -0.2) is 38.0 Å². The lowest BCUT2D eigenvalue weighted by Crippen LogP contribution is -2.50. The number of amides is 2. The number of aryl methyl sites for hydroxylation is 2. The highest BCUT2D eigenvalue weighted by atomic mass is 32.2. The van der Waals surface area contributed by atoms with E-state index in [2.05, 4.69) is 16.1 Å². The Labute approximate surface area is 190 Å². The molecule has 172 valence electrons. The zero-order chi connectivity index (χ0) is 22.3. The summed E-state index contributed by atoms with van der Waals surface area (Å²) in [4.78, 5) is 13.0. The molecule has 0 aromatic heterocycles. The Morgan fingerprint density at radius 3 is 2.31 bits per heavy atom. The number of nitrogens with one attached hydrogen (secondary N) is 2. The van der Waals surface area contributed by atoms with Crippen molar-refractivity contribution in [2.24, 2.45) is 0 Å². The average molecular weight is 458 g/mol. The van der Waals surface area contributed by atoms with E-state index in [0.29, 0.717) is 31.8 Å². The lowest BCUT2D eigenvalue weighted by molar-refractivity contribution is 0.0650. The zero-order valence-electron chi connectivity index (χ0n) is 18.6. The van der Waals surface area contributed by atoms with Gasteiger partial charge in [-0.3, -0.25) is 4.31 Å². The van der Waals surface area contributed by atoms with Crippen LogP contribution in [0.1, 0.15) is 61.3 Å². The summed E-state index contributed by atoms with van der Waals surface area (Å²) in [6.45, 7) is 3.01. The van der Waals surface area contributed by atoms with Crippen LogP contribution in [0.4, 0.5) is 10.5 Å². The summed E-state index contributed by atoms with van der Waals surface area (Å²) in [5.41, 5.74) is 7.53. The Morgan fingerprint density at radius 2 is 1.72 bits per heavy atom. The molecular weight excluding hydrogens is 426 g/mol. The van der Waals surface area contributed by atoms with Gasteiger partial charge in [-0.15, -0.1) is 0 Å². The van der Waals surface area contributed by atoms with Crippen LogP contribution in [0, 0.1) is 0 Å². The summed E-state index contributed by atoms with van der Waals surface area (Å²) in [5, 5.41) is 2.94. The molecule has 0 atom stereocenters. The third kappa shape index (κ3) is 4.06. The SMILES string of the molecule is CC1=CC(N(C2CCOCC2)S(=O)(=O)NC(=O)Nc2c3c(cc4c2CCC4)CCC3)=CC1. The number of benzene rings is 1. The summed E-state index contributed by atoms with van der Waals surface area (Å²) in [5.74, 6) is 0. The predicted molar refractivity (Wildman–Crippen MR) is 124 cm³/mol. The quantitative estimate of drug-likeness (QED) is 0.705. The van der Waals surface area contributed by atoms with Gasteiger partial charge in [0.05, 0.1) is 6.04 Å². The first-order chi connectivity index (χ1) is 15.4. The Kier molecular flexibility index (Phi) is 5.75. The largest absolute Gasteiger partial charge is 0.381 e. The summed E-state index contributed by atoms with van der Waals surface area (Å²) < 4.78 is 36.0. The first kappa shape index (κ1) is 21.5. The molecule has 5 rings (SSSR count). The van der Waals surface area contributed by atoms with Crippen molar-refractivity contribution in [3.63, 3.8) is 0 Å². The van der Waals surface area contributed by atoms with Gasteiger partial charge in [0, 0.05) is 24.6 Å². The standard InChI is InChI=1S/C24H31N3O4S/c1-16-8-9-20(14-16)27(19-10-12-31-13-11-19)32(29,30)26-24(28)25-23-21-6-2-4-17(21)15-18-5-3-7-22(18)23/h9,14-15,19H,2-8,10-13H2,1H3,(H2,25,26,28). The molecule has 1 heterocycles. The fourth-order valence-corrected chi connectivity index (χ4v) is 6.92. The monoisotopic (exact) mass is 457 g/mol. The summed E-state index contributed by atoms with van der Waals surface area (Å²) in [7, 11) is -4.07. The molecule has 0 radical (unpaired) electrons. The van der Waals surface area contributed by atoms with Crippen molar-refractivity contribution in [3.05, 3.63) is 51.7 Å². The van der Waals surface area contributed by atoms with E-state index in [-0.39, 0.29) is 6.04 Å². The second-order valence-electron chi connectivity index (χ2n) is 9.26. The molecule has 1 aromatic carbocycles. The Hall–Kier alpha value is -2.32. The number of urea groups is 1. The molecule has 0 spiro atoms. The maximum atomic E-state index is 13.4. The van der Waals surface area contributed by atoms with Gasteiger partial charge in [0.25, 0.3) is 0 Å². The lowest BCUT2D eigenvalue weighted by atomic mass is 9.99. The van der Waals surface area contributed by atoms with Crippen molar-refractivity contribution >= 4 is 21.9 Å². The third-order valence-electron chi connectivity index (χ3n) is 7.00. The van der Waals surface area contributed by atoms with Gasteiger partial charge in [0.2, 0.25) is 0 Å². The van der Waals surface area contributed by atoms with E-state index >= 15 is 0 Å². The van der Waals surface area contributed by atoms with Gasteiger partial charge in [-0.2, -0.15) is 8.42 Å². The minimum atomic E-state index is -4.07. The number of anilines is 1. The van der Waals surface area contributed by atoms with Crippen LogP contribution >= 0.6 is 0 Å². The molecule has 4 aliphatic rings. The molecule has 2 amide bonds. The van der Waals surface area contributed by atoms with Gasteiger partial charge in [0.1, 0.15) is 0 Å². The lowest BCUT2D eigenvalue weighted by Gasteiger charge is -2.35. The van der Waals surface area contributed by atoms with Crippen LogP contribution in [0.25, 0.3) is 0 Å². The number of hydrogen-bond acceptors (Lipinski definition) is 4. The minimum Gasteiger partial charge on any atom is -0.381 e. The van der Waals surface area contributed by atoms with Crippen molar-refractivity contribution in [1.82, 2.24) is 9.03 Å². The summed E-state index contributed by atoms with van der Waals surface area (Å²) >= 11 is 0. The van der Waals surface area contributed by atoms with Gasteiger partial charge >= 0.3 is 16.2 Å². The fraction of sp³-hybridized carbons (Fsp3) is 0.542. The van der Waals surface area contributed by atoms with Crippen molar-refractivity contribution < 1.29 is 17.9 Å². The minimum absolute atomic E-state index is 0.229. The topological polar surface area (TPSA) is 87.7 Å². The zero-order valence-corrected chi connectivity index (χ0v) is 19.4. The van der Waals surface area contributed by atoms with Crippen LogP contribution in [0.3, 0.4) is 0 Å². The Bertz CT molecular complexity index is 1070. The molecule has 1 fully saturated rings. The maximum Gasteiger partial charge on any atom is 0.334 e. The van der Waals surface area contributed by atoms with Crippen LogP contribution in [0.15, 0.2) is 29.5 Å². The summed E-state index contributed by atoms with van der Waals surface area (Å²) in [6.07, 6.45) is 11.8. The van der Waals surface area contributed by atoms with Crippen molar-refractivity contribution in [2.45, 2.75) is 70.8 Å². The molecule has 2 N–H and O–H groups in total. The molecule has 32 heavy (non-hydrogen) atoms. The number of carbonyl (C=O) groups is 1. The highest BCUT2D eigenvalue weighted by Gasteiger charge is 2.35. The van der Waals surface area contributed by atoms with E-state index in [1.165, 1.54) is 26.6 Å². The van der Waals surface area contributed by atoms with Gasteiger partial charge in [-0.05, 0) is 93.0 Å². The second kappa shape index (κ2) is 8.56. The molecule has 8 heteroatoms. The molecule has 0 bridgehead atoms. The molecule has 0 unspecified atom stereocenters. The molecule has 3 aliphatic carbocycles. The first-order valence-electron chi connectivity index (χ1n) is 11.7. The molecule has 0 saturated carbocycles. The Balaban J connectivity index is 1.40. The predicted octanol–water partition coefficient (Wildman–Crippen LogP) is 3.75. The third-order valence-corrected chi connectivity index (χ3v) is 8.47. The first-order valence-corrected chi connectivity index (χ1v) is 13.1. The fourth-order valence-electron chi connectivity index (χ4n) is 5.53. The van der Waals surface area contributed by atoms with Gasteiger partial charge < -0.3 is 10.1 Å². The van der Waals surface area contributed by atoms with E-state index in [1.54, 1.807) is 0 Å². The van der Waals surface area contributed by atoms with E-state index in [1.807, 2.05) is 19.1 Å². The van der Waals surface area contributed by atoms with Crippen molar-refractivity contribution in [1.29, 1.82) is 0 Å². The van der Waals surface area contributed by atoms with Gasteiger partial charge in [0.15, 0.2) is 0 Å². The molecule has 1 aliphatic heterocycles. The van der Waals surface area contributed by atoms with E-state index < -0.39 is 16.2 Å². The van der Waals surface area contributed by atoms with Crippen LogP contribution in [0.5, 0.6) is 0 Å². The number of fused-ring (bicyclic) bond motifs is 2. The van der Waals surface area contributed by atoms with E-state index in [0.717, 1.165) is 56.2 Å². The molecule has 7 nitrogen and oxygen atoms in total. The molecule has 1 aromatic rings. The van der Waals surface area contributed by atoms with Gasteiger partial charge in [-0.1, -0.05) is 17.7 Å². The highest BCUT2D eigenvalue weighted by molar-refractivity contribution is 7.87. The van der Waals surface area contributed by atoms with Crippen LogP contribution in [-0.2, 0) is 40.6 Å².